The summed E-state index contributed by atoms with van der Waals surface area (Å²) in [7, 11) is 0. The lowest BCUT2D eigenvalue weighted by atomic mass is 10.1. The van der Waals surface area contributed by atoms with E-state index in [9.17, 15) is 4.39 Å². The van der Waals surface area contributed by atoms with Crippen LogP contribution in [0, 0.1) is 17.1 Å². The van der Waals surface area contributed by atoms with Crippen molar-refractivity contribution in [2.75, 3.05) is 0 Å². The Morgan fingerprint density at radius 1 is 1.42 bits per heavy atom. The summed E-state index contributed by atoms with van der Waals surface area (Å²) in [6.45, 7) is 0. The van der Waals surface area contributed by atoms with Crippen molar-refractivity contribution in [3.8, 4) is 6.07 Å². The van der Waals surface area contributed by atoms with Crippen molar-refractivity contribution >= 4 is 18.2 Å². The first-order chi connectivity index (χ1) is 5.77. The van der Waals surface area contributed by atoms with Gasteiger partial charge in [0.1, 0.15) is 5.82 Å². The monoisotopic (exact) mass is 178 g/mol. The quantitative estimate of drug-likeness (QED) is 0.486. The fraction of sp³-hybridized carbons (Fsp3) is 0. The second kappa shape index (κ2) is 3.84. The van der Waals surface area contributed by atoms with Gasteiger partial charge in [0.15, 0.2) is 0 Å². The number of allylic oxidation sites excluding steroid dienone is 1. The van der Waals surface area contributed by atoms with Crippen LogP contribution in [0.5, 0.6) is 0 Å². The van der Waals surface area contributed by atoms with E-state index in [1.807, 2.05) is 6.07 Å². The fourth-order valence-electron chi connectivity index (χ4n) is 0.788. The van der Waals surface area contributed by atoms with E-state index in [-0.39, 0.29) is 5.82 Å². The Hall–Kier alpha value is -1.40. The summed E-state index contributed by atoms with van der Waals surface area (Å²) in [6.07, 6.45) is 0. The van der Waals surface area contributed by atoms with Crippen LogP contribution in [-0.2, 0) is 12.6 Å². The first-order valence-corrected chi connectivity index (χ1v) is 3.73. The van der Waals surface area contributed by atoms with Crippen molar-refractivity contribution in [1.29, 1.82) is 5.26 Å². The predicted molar refractivity (Wildman–Crippen MR) is 47.4 cm³/mol. The Morgan fingerprint density at radius 2 is 2.00 bits per heavy atom. The highest BCUT2D eigenvalue weighted by atomic mass is 32.1. The zero-order valence-corrected chi connectivity index (χ0v) is 6.94. The Balaban J connectivity index is 3.06. The van der Waals surface area contributed by atoms with Crippen molar-refractivity contribution in [3.63, 3.8) is 0 Å². The molecular formula is C9H5FNS-. The molecule has 0 N–H and O–H groups in total. The van der Waals surface area contributed by atoms with E-state index in [0.29, 0.717) is 11.1 Å². The van der Waals surface area contributed by atoms with E-state index in [1.54, 1.807) is 0 Å². The van der Waals surface area contributed by atoms with Crippen LogP contribution in [0.3, 0.4) is 0 Å². The molecule has 1 rings (SSSR count). The number of benzene rings is 1. The first kappa shape index (κ1) is 8.69. The molecule has 0 aliphatic heterocycles. The van der Waals surface area contributed by atoms with Crippen molar-refractivity contribution < 1.29 is 4.39 Å². The summed E-state index contributed by atoms with van der Waals surface area (Å²) in [5, 5.41) is 9.86. The van der Waals surface area contributed by atoms with E-state index < -0.39 is 0 Å². The molecule has 0 heterocycles. The molecule has 0 spiro atoms. The minimum absolute atomic E-state index is 0.319. The van der Waals surface area contributed by atoms with Gasteiger partial charge in [-0.15, -0.1) is 0 Å². The van der Waals surface area contributed by atoms with Gasteiger partial charge in [0.05, 0.1) is 6.07 Å². The maximum Gasteiger partial charge on any atom is 0.123 e. The summed E-state index contributed by atoms with van der Waals surface area (Å²) in [5.74, 6) is -0.319. The highest BCUT2D eigenvalue weighted by Gasteiger charge is 1.96. The second-order valence-corrected chi connectivity index (χ2v) is 2.39. The zero-order valence-electron chi connectivity index (χ0n) is 6.12. The highest BCUT2D eigenvalue weighted by Crippen LogP contribution is 2.12. The molecule has 3 heteroatoms. The molecule has 12 heavy (non-hydrogen) atoms. The molecule has 0 radical (unpaired) electrons. The number of rotatable bonds is 1. The summed E-state index contributed by atoms with van der Waals surface area (Å²) in [6, 6.07) is 7.57. The molecule has 0 amide bonds. The molecule has 1 aromatic rings. The molecule has 1 aromatic carbocycles. The summed E-state index contributed by atoms with van der Waals surface area (Å²) in [5.41, 5.74) is 1.03. The summed E-state index contributed by atoms with van der Waals surface area (Å²) in [4.78, 5) is 0. The normalized spacial score (nSPS) is 10.8. The van der Waals surface area contributed by atoms with Crippen molar-refractivity contribution in [2.24, 2.45) is 0 Å². The lowest BCUT2D eigenvalue weighted by Crippen LogP contribution is -1.81. The Kier molecular flexibility index (Phi) is 2.78. The predicted octanol–water partition coefficient (Wildman–Crippen LogP) is 2.24. The van der Waals surface area contributed by atoms with Crippen LogP contribution in [0.1, 0.15) is 5.56 Å². The molecule has 0 aromatic heterocycles. The smallest absolute Gasteiger partial charge is 0.123 e. The van der Waals surface area contributed by atoms with Gasteiger partial charge in [-0.2, -0.15) is 10.7 Å². The minimum Gasteiger partial charge on any atom is -0.786 e. The van der Waals surface area contributed by atoms with Gasteiger partial charge in [0.2, 0.25) is 0 Å². The Labute approximate surface area is 75.5 Å². The molecule has 0 atom stereocenters. The molecular weight excluding hydrogens is 173 g/mol. The van der Waals surface area contributed by atoms with Crippen molar-refractivity contribution in [2.45, 2.75) is 0 Å². The van der Waals surface area contributed by atoms with Gasteiger partial charge in [0, 0.05) is 5.57 Å². The van der Waals surface area contributed by atoms with Crippen LogP contribution in [0.4, 0.5) is 4.39 Å². The maximum absolute atomic E-state index is 12.4. The van der Waals surface area contributed by atoms with Crippen LogP contribution < -0.4 is 0 Å². The lowest BCUT2D eigenvalue weighted by molar-refractivity contribution is 0.627. The van der Waals surface area contributed by atoms with Gasteiger partial charge >= 0.3 is 0 Å². The molecule has 1 nitrogen and oxygen atoms in total. The molecule has 0 bridgehead atoms. The Morgan fingerprint density at radius 3 is 2.42 bits per heavy atom. The SMILES string of the molecule is N#CC(=C[S-])c1ccc(F)cc1. The molecule has 0 saturated carbocycles. The lowest BCUT2D eigenvalue weighted by Gasteiger charge is -2.00. The zero-order chi connectivity index (χ0) is 8.97. The first-order valence-electron chi connectivity index (χ1n) is 3.26. The summed E-state index contributed by atoms with van der Waals surface area (Å²) >= 11 is 4.61. The van der Waals surface area contributed by atoms with Crippen molar-refractivity contribution in [1.82, 2.24) is 0 Å². The standard InChI is InChI=1S/C9H6FNS/c10-9-3-1-7(2-4-9)8(5-11)6-12/h1-4,6,12H/p-1. The molecule has 0 aliphatic carbocycles. The van der Waals surface area contributed by atoms with E-state index in [4.69, 9.17) is 5.26 Å². The van der Waals surface area contributed by atoms with Gasteiger partial charge in [-0.3, -0.25) is 0 Å². The topological polar surface area (TPSA) is 23.8 Å². The largest absolute Gasteiger partial charge is 0.786 e. The fourth-order valence-corrected chi connectivity index (χ4v) is 0.977. The van der Waals surface area contributed by atoms with Crippen molar-refractivity contribution in [3.05, 3.63) is 41.1 Å². The maximum atomic E-state index is 12.4. The average Bonchev–Trinajstić information content (AvgIpc) is 2.10. The van der Waals surface area contributed by atoms with Gasteiger partial charge < -0.3 is 12.6 Å². The number of nitriles is 1. The van der Waals surface area contributed by atoms with Crippen LogP contribution in [-0.4, -0.2) is 0 Å². The third-order valence-corrected chi connectivity index (χ3v) is 1.63. The molecule has 0 saturated heterocycles. The Bertz CT molecular complexity index is 335. The summed E-state index contributed by atoms with van der Waals surface area (Å²) < 4.78 is 12.4. The molecule has 60 valence electrons. The van der Waals surface area contributed by atoms with Gasteiger partial charge in [-0.1, -0.05) is 12.1 Å². The van der Waals surface area contributed by atoms with Gasteiger partial charge in [-0.25, -0.2) is 4.39 Å². The number of nitrogens with zero attached hydrogens (tertiary/aromatic N) is 1. The van der Waals surface area contributed by atoms with Crippen LogP contribution in [0.2, 0.25) is 0 Å². The van der Waals surface area contributed by atoms with E-state index >= 15 is 0 Å². The van der Waals surface area contributed by atoms with E-state index in [2.05, 4.69) is 12.6 Å². The average molecular weight is 178 g/mol. The number of hydrogen-bond acceptors (Lipinski definition) is 2. The molecule has 0 fully saturated rings. The van der Waals surface area contributed by atoms with E-state index in [1.165, 1.54) is 29.7 Å². The highest BCUT2D eigenvalue weighted by molar-refractivity contribution is 7.62. The van der Waals surface area contributed by atoms with Gasteiger partial charge in [-0.05, 0) is 17.7 Å². The van der Waals surface area contributed by atoms with Gasteiger partial charge in [0.25, 0.3) is 0 Å². The van der Waals surface area contributed by atoms with Crippen LogP contribution in [0.25, 0.3) is 5.57 Å². The molecule has 0 unspecified atom stereocenters. The number of hydrogen-bond donors (Lipinski definition) is 0. The molecule has 0 aliphatic rings. The second-order valence-electron chi connectivity index (χ2n) is 2.15. The van der Waals surface area contributed by atoms with E-state index in [0.717, 1.165) is 0 Å². The van der Waals surface area contributed by atoms with Crippen LogP contribution in [0.15, 0.2) is 29.7 Å². The van der Waals surface area contributed by atoms with Crippen LogP contribution >= 0.6 is 0 Å². The minimum atomic E-state index is -0.319. The number of halogens is 1. The third kappa shape index (κ3) is 1.80. The third-order valence-electron chi connectivity index (χ3n) is 1.39.